The summed E-state index contributed by atoms with van der Waals surface area (Å²) >= 11 is 0. The third kappa shape index (κ3) is 2.31. The average molecular weight is 192 g/mol. The van der Waals surface area contributed by atoms with Gasteiger partial charge in [0.15, 0.2) is 0 Å². The van der Waals surface area contributed by atoms with Crippen molar-refractivity contribution < 1.29 is 0 Å². The topological polar surface area (TPSA) is 25.8 Å². The summed E-state index contributed by atoms with van der Waals surface area (Å²) in [5.74, 6) is 0. The summed E-state index contributed by atoms with van der Waals surface area (Å²) in [6.07, 6.45) is 1.77. The number of nitrogens with zero attached hydrogens (tertiary/aromatic N) is 2. The fourth-order valence-corrected chi connectivity index (χ4v) is 1.49. The first-order valence-corrected chi connectivity index (χ1v) is 5.05. The Morgan fingerprint density at radius 2 is 1.50 bits per heavy atom. The largest absolute Gasteiger partial charge is 0.159 e. The zero-order valence-electron chi connectivity index (χ0n) is 10.0. The average Bonchev–Trinajstić information content (AvgIpc) is 2.01. The van der Waals surface area contributed by atoms with Crippen molar-refractivity contribution in [1.82, 2.24) is 10.2 Å². The Kier molecular flexibility index (Phi) is 2.66. The lowest BCUT2D eigenvalue weighted by atomic mass is 9.79. The van der Waals surface area contributed by atoms with Gasteiger partial charge in [-0.05, 0) is 17.0 Å². The summed E-state index contributed by atoms with van der Waals surface area (Å²) in [7, 11) is 0. The number of aromatic nitrogens is 2. The molecule has 0 amide bonds. The van der Waals surface area contributed by atoms with Crippen LogP contribution in [0.15, 0.2) is 12.3 Å². The van der Waals surface area contributed by atoms with Gasteiger partial charge in [0.25, 0.3) is 0 Å². The van der Waals surface area contributed by atoms with Crippen LogP contribution in [0.4, 0.5) is 0 Å². The Hall–Kier alpha value is -0.920. The van der Waals surface area contributed by atoms with Gasteiger partial charge in [-0.2, -0.15) is 10.2 Å². The van der Waals surface area contributed by atoms with E-state index in [-0.39, 0.29) is 10.8 Å². The van der Waals surface area contributed by atoms with Gasteiger partial charge in [-0.1, -0.05) is 41.5 Å². The van der Waals surface area contributed by atoms with Crippen LogP contribution in [0.5, 0.6) is 0 Å². The normalized spacial score (nSPS) is 13.0. The van der Waals surface area contributed by atoms with Gasteiger partial charge in [-0.3, -0.25) is 0 Å². The minimum atomic E-state index is 0.0663. The van der Waals surface area contributed by atoms with E-state index < -0.39 is 0 Å². The van der Waals surface area contributed by atoms with Gasteiger partial charge in [0.1, 0.15) is 0 Å². The van der Waals surface area contributed by atoms with E-state index in [0.717, 1.165) is 5.69 Å². The van der Waals surface area contributed by atoms with Gasteiger partial charge in [0.05, 0.1) is 5.69 Å². The number of rotatable bonds is 0. The van der Waals surface area contributed by atoms with Crippen LogP contribution in [0, 0.1) is 0 Å². The third-order valence-corrected chi connectivity index (χ3v) is 2.24. The fraction of sp³-hybridized carbons (Fsp3) is 0.667. The highest BCUT2D eigenvalue weighted by molar-refractivity contribution is 5.30. The Bertz CT molecular complexity index is 283. The monoisotopic (exact) mass is 192 g/mol. The molecule has 78 valence electrons. The summed E-state index contributed by atoms with van der Waals surface area (Å²) in [5, 5.41) is 8.24. The van der Waals surface area contributed by atoms with E-state index in [1.807, 2.05) is 0 Å². The van der Waals surface area contributed by atoms with E-state index >= 15 is 0 Å². The SMILES string of the molecule is CC(C)(C)c1ccnnc1C(C)(C)C. The molecule has 1 heterocycles. The molecule has 1 aromatic heterocycles. The third-order valence-electron chi connectivity index (χ3n) is 2.24. The van der Waals surface area contributed by atoms with Gasteiger partial charge in [0.2, 0.25) is 0 Å². The van der Waals surface area contributed by atoms with Crippen LogP contribution in [-0.2, 0) is 10.8 Å². The molecule has 14 heavy (non-hydrogen) atoms. The second kappa shape index (κ2) is 3.34. The quantitative estimate of drug-likeness (QED) is 0.631. The zero-order chi connectivity index (χ0) is 11.0. The molecule has 0 aliphatic rings. The molecule has 0 bridgehead atoms. The predicted octanol–water partition coefficient (Wildman–Crippen LogP) is 3.07. The summed E-state index contributed by atoms with van der Waals surface area (Å²) in [4.78, 5) is 0. The fourth-order valence-electron chi connectivity index (χ4n) is 1.49. The Balaban J connectivity index is 3.31. The van der Waals surface area contributed by atoms with Crippen LogP contribution >= 0.6 is 0 Å². The van der Waals surface area contributed by atoms with Crippen LogP contribution in [-0.4, -0.2) is 10.2 Å². The first-order chi connectivity index (χ1) is 6.23. The molecule has 0 aliphatic carbocycles. The van der Waals surface area contributed by atoms with Crippen LogP contribution < -0.4 is 0 Å². The molecule has 0 aliphatic heterocycles. The first-order valence-electron chi connectivity index (χ1n) is 5.05. The molecule has 0 N–H and O–H groups in total. The van der Waals surface area contributed by atoms with Crippen LogP contribution in [0.1, 0.15) is 52.8 Å². The minimum Gasteiger partial charge on any atom is -0.159 e. The van der Waals surface area contributed by atoms with Gasteiger partial charge in [-0.15, -0.1) is 0 Å². The molecule has 0 aromatic carbocycles. The molecule has 0 saturated heterocycles. The van der Waals surface area contributed by atoms with Crippen molar-refractivity contribution in [3.63, 3.8) is 0 Å². The Labute approximate surface area is 86.8 Å². The molecular formula is C12H20N2. The van der Waals surface area contributed by atoms with Crippen LogP contribution in [0.3, 0.4) is 0 Å². The number of hydrogen-bond acceptors (Lipinski definition) is 2. The van der Waals surface area contributed by atoms with E-state index in [1.165, 1.54) is 5.56 Å². The first kappa shape index (κ1) is 11.2. The molecule has 0 unspecified atom stereocenters. The standard InChI is InChI=1S/C12H20N2/c1-11(2,3)9-7-8-13-14-10(9)12(4,5)6/h7-8H,1-6H3. The maximum Gasteiger partial charge on any atom is 0.0721 e. The summed E-state index contributed by atoms with van der Waals surface area (Å²) < 4.78 is 0. The molecular weight excluding hydrogens is 172 g/mol. The number of hydrogen-bond donors (Lipinski definition) is 0. The van der Waals surface area contributed by atoms with Crippen molar-refractivity contribution in [3.8, 4) is 0 Å². The van der Waals surface area contributed by atoms with Crippen molar-refractivity contribution in [2.75, 3.05) is 0 Å². The van der Waals surface area contributed by atoms with Crippen LogP contribution in [0.2, 0.25) is 0 Å². The van der Waals surface area contributed by atoms with Gasteiger partial charge in [0, 0.05) is 11.6 Å². The van der Waals surface area contributed by atoms with Crippen molar-refractivity contribution in [3.05, 3.63) is 23.5 Å². The molecule has 2 nitrogen and oxygen atoms in total. The lowest BCUT2D eigenvalue weighted by Gasteiger charge is -2.27. The van der Waals surface area contributed by atoms with Crippen molar-refractivity contribution in [2.24, 2.45) is 0 Å². The molecule has 0 fully saturated rings. The highest BCUT2D eigenvalue weighted by Gasteiger charge is 2.26. The van der Waals surface area contributed by atoms with Gasteiger partial charge in [-0.25, -0.2) is 0 Å². The molecule has 1 rings (SSSR count). The Morgan fingerprint density at radius 1 is 0.929 bits per heavy atom. The second-order valence-corrected chi connectivity index (χ2v) is 5.79. The van der Waals surface area contributed by atoms with E-state index in [4.69, 9.17) is 0 Å². The van der Waals surface area contributed by atoms with E-state index in [2.05, 4.69) is 57.8 Å². The Morgan fingerprint density at radius 3 is 1.86 bits per heavy atom. The summed E-state index contributed by atoms with van der Waals surface area (Å²) in [6, 6.07) is 2.08. The lowest BCUT2D eigenvalue weighted by molar-refractivity contribution is 0.505. The predicted molar refractivity (Wildman–Crippen MR) is 59.4 cm³/mol. The molecule has 1 aromatic rings. The molecule has 2 heteroatoms. The summed E-state index contributed by atoms with van der Waals surface area (Å²) in [6.45, 7) is 13.1. The lowest BCUT2D eigenvalue weighted by Crippen LogP contribution is -2.23. The molecule has 0 radical (unpaired) electrons. The molecule has 0 spiro atoms. The van der Waals surface area contributed by atoms with Gasteiger partial charge < -0.3 is 0 Å². The highest BCUT2D eigenvalue weighted by Crippen LogP contribution is 2.31. The highest BCUT2D eigenvalue weighted by atomic mass is 15.1. The van der Waals surface area contributed by atoms with E-state index in [9.17, 15) is 0 Å². The van der Waals surface area contributed by atoms with Gasteiger partial charge >= 0.3 is 0 Å². The van der Waals surface area contributed by atoms with E-state index in [0.29, 0.717) is 0 Å². The molecule has 0 saturated carbocycles. The maximum absolute atomic E-state index is 4.27. The second-order valence-electron chi connectivity index (χ2n) is 5.79. The van der Waals surface area contributed by atoms with Crippen molar-refractivity contribution in [2.45, 2.75) is 52.4 Å². The zero-order valence-corrected chi connectivity index (χ0v) is 10.0. The van der Waals surface area contributed by atoms with Crippen molar-refractivity contribution in [1.29, 1.82) is 0 Å². The van der Waals surface area contributed by atoms with Crippen molar-refractivity contribution >= 4 is 0 Å². The van der Waals surface area contributed by atoms with Crippen LogP contribution in [0.25, 0.3) is 0 Å². The minimum absolute atomic E-state index is 0.0663. The summed E-state index contributed by atoms with van der Waals surface area (Å²) in [5.41, 5.74) is 2.60. The maximum atomic E-state index is 4.27. The van der Waals surface area contributed by atoms with E-state index in [1.54, 1.807) is 6.20 Å². The molecule has 0 atom stereocenters. The smallest absolute Gasteiger partial charge is 0.0721 e.